The Balaban J connectivity index is 4.07. The van der Waals surface area contributed by atoms with Crippen LogP contribution in [0.15, 0.2) is 0 Å². The monoisotopic (exact) mass is 261 g/mol. The average molecular weight is 261 g/mol. The van der Waals surface area contributed by atoms with Gasteiger partial charge in [0.2, 0.25) is 0 Å². The lowest BCUT2D eigenvalue weighted by atomic mass is 10.4. The van der Waals surface area contributed by atoms with Gasteiger partial charge in [-0.05, 0) is 13.6 Å². The summed E-state index contributed by atoms with van der Waals surface area (Å²) in [4.78, 5) is 25.6. The summed E-state index contributed by atoms with van der Waals surface area (Å²) in [6.07, 6.45) is 0. The van der Waals surface area contributed by atoms with E-state index in [1.165, 1.54) is 12.0 Å². The Morgan fingerprint density at radius 1 is 1.33 bits per heavy atom. The molecule has 0 bridgehead atoms. The minimum Gasteiger partial charge on any atom is -0.480 e. The van der Waals surface area contributed by atoms with Crippen LogP contribution in [0.5, 0.6) is 0 Å². The zero-order valence-electron chi connectivity index (χ0n) is 11.3. The van der Waals surface area contributed by atoms with Crippen LogP contribution in [-0.2, 0) is 9.53 Å². The summed E-state index contributed by atoms with van der Waals surface area (Å²) < 4.78 is 4.84. The second kappa shape index (κ2) is 9.67. The van der Waals surface area contributed by atoms with Gasteiger partial charge in [-0.25, -0.2) is 4.79 Å². The minimum atomic E-state index is -1.04. The number of carboxylic acid groups (broad SMARTS) is 1. The second-order valence-electron chi connectivity index (χ2n) is 3.94. The van der Waals surface area contributed by atoms with E-state index in [0.29, 0.717) is 13.2 Å². The molecular weight excluding hydrogens is 238 g/mol. The van der Waals surface area contributed by atoms with Crippen molar-refractivity contribution in [3.05, 3.63) is 0 Å². The second-order valence-corrected chi connectivity index (χ2v) is 3.94. The third-order valence-electron chi connectivity index (χ3n) is 2.49. The molecule has 18 heavy (non-hydrogen) atoms. The lowest BCUT2D eigenvalue weighted by molar-refractivity contribution is -0.137. The van der Waals surface area contributed by atoms with Gasteiger partial charge in [-0.1, -0.05) is 6.92 Å². The van der Waals surface area contributed by atoms with Crippen molar-refractivity contribution in [2.24, 2.45) is 0 Å². The summed E-state index contributed by atoms with van der Waals surface area (Å²) in [5.41, 5.74) is 0. The van der Waals surface area contributed by atoms with Crippen LogP contribution < -0.4 is 5.32 Å². The van der Waals surface area contributed by atoms with E-state index >= 15 is 0 Å². The maximum absolute atomic E-state index is 11.7. The van der Waals surface area contributed by atoms with Crippen LogP contribution in [0, 0.1) is 0 Å². The van der Waals surface area contributed by atoms with Crippen LogP contribution in [0.2, 0.25) is 0 Å². The molecule has 0 saturated carbocycles. The van der Waals surface area contributed by atoms with Crippen molar-refractivity contribution in [2.75, 3.05) is 53.5 Å². The van der Waals surface area contributed by atoms with E-state index in [4.69, 9.17) is 9.84 Å². The molecular formula is C11H23N3O4. The Labute approximate surface area is 108 Å². The van der Waals surface area contributed by atoms with Crippen molar-refractivity contribution in [3.8, 4) is 0 Å². The molecule has 0 aliphatic heterocycles. The molecule has 0 rings (SSSR count). The van der Waals surface area contributed by atoms with Gasteiger partial charge in [0, 0.05) is 26.7 Å². The van der Waals surface area contributed by atoms with Crippen LogP contribution in [0.25, 0.3) is 0 Å². The molecule has 0 aliphatic rings. The number of hydrogen-bond donors (Lipinski definition) is 2. The number of hydrogen-bond acceptors (Lipinski definition) is 4. The number of urea groups is 1. The molecule has 0 aliphatic carbocycles. The molecule has 0 radical (unpaired) electrons. The third-order valence-corrected chi connectivity index (χ3v) is 2.49. The van der Waals surface area contributed by atoms with Crippen LogP contribution in [0.1, 0.15) is 6.92 Å². The van der Waals surface area contributed by atoms with E-state index in [1.54, 1.807) is 0 Å². The summed E-state index contributed by atoms with van der Waals surface area (Å²) >= 11 is 0. The molecule has 0 heterocycles. The summed E-state index contributed by atoms with van der Waals surface area (Å²) in [5, 5.41) is 11.4. The number of aliphatic carboxylic acids is 1. The number of likely N-dealkylation sites (N-methyl/N-ethyl adjacent to an activating group) is 1. The average Bonchev–Trinajstić information content (AvgIpc) is 2.33. The normalized spacial score (nSPS) is 10.4. The molecule has 0 saturated heterocycles. The van der Waals surface area contributed by atoms with Crippen LogP contribution >= 0.6 is 0 Å². The third kappa shape index (κ3) is 7.86. The fraction of sp³-hybridized carbons (Fsp3) is 0.818. The topological polar surface area (TPSA) is 82.1 Å². The molecule has 0 atom stereocenters. The van der Waals surface area contributed by atoms with E-state index in [1.807, 2.05) is 14.0 Å². The number of rotatable bonds is 9. The highest BCUT2D eigenvalue weighted by Crippen LogP contribution is 1.90. The van der Waals surface area contributed by atoms with Gasteiger partial charge < -0.3 is 25.0 Å². The van der Waals surface area contributed by atoms with Crippen LogP contribution in [0.4, 0.5) is 4.79 Å². The minimum absolute atomic E-state index is 0.262. The van der Waals surface area contributed by atoms with Gasteiger partial charge in [-0.3, -0.25) is 4.79 Å². The largest absolute Gasteiger partial charge is 0.480 e. The molecule has 0 aromatic carbocycles. The van der Waals surface area contributed by atoms with E-state index in [9.17, 15) is 9.59 Å². The fourth-order valence-corrected chi connectivity index (χ4v) is 1.24. The molecule has 2 N–H and O–H groups in total. The Morgan fingerprint density at radius 2 is 2.00 bits per heavy atom. The van der Waals surface area contributed by atoms with Gasteiger partial charge in [0.05, 0.1) is 6.61 Å². The van der Waals surface area contributed by atoms with Crippen molar-refractivity contribution >= 4 is 12.0 Å². The van der Waals surface area contributed by atoms with E-state index in [0.717, 1.165) is 13.1 Å². The van der Waals surface area contributed by atoms with E-state index in [-0.39, 0.29) is 19.1 Å². The smallest absolute Gasteiger partial charge is 0.323 e. The maximum Gasteiger partial charge on any atom is 0.323 e. The Kier molecular flexibility index (Phi) is 8.95. The summed E-state index contributed by atoms with van der Waals surface area (Å²) in [7, 11) is 3.46. The number of nitrogens with zero attached hydrogens (tertiary/aromatic N) is 2. The highest BCUT2D eigenvalue weighted by molar-refractivity contribution is 5.80. The molecule has 0 unspecified atom stereocenters. The van der Waals surface area contributed by atoms with Crippen LogP contribution in [0.3, 0.4) is 0 Å². The predicted molar refractivity (Wildman–Crippen MR) is 67.7 cm³/mol. The first kappa shape index (κ1) is 16.7. The number of carbonyl (C=O) groups excluding carboxylic acids is 1. The number of methoxy groups -OCH3 is 1. The molecule has 0 spiro atoms. The first-order valence-corrected chi connectivity index (χ1v) is 5.93. The molecule has 7 heteroatoms. The van der Waals surface area contributed by atoms with Gasteiger partial charge in [-0.2, -0.15) is 0 Å². The standard InChI is InChI=1S/C11H23N3O4/c1-4-13(2)6-5-12-11(17)14(7-8-18-3)9-10(15)16/h4-9H2,1-3H3,(H,12,17)(H,15,16). The number of ether oxygens (including phenoxy) is 1. The highest BCUT2D eigenvalue weighted by Gasteiger charge is 2.15. The SMILES string of the molecule is CCN(C)CCNC(=O)N(CCOC)CC(=O)O. The van der Waals surface area contributed by atoms with Crippen molar-refractivity contribution in [3.63, 3.8) is 0 Å². The Bertz CT molecular complexity index is 261. The summed E-state index contributed by atoms with van der Waals surface area (Å²) in [6.45, 7) is 4.40. The fourth-order valence-electron chi connectivity index (χ4n) is 1.24. The summed E-state index contributed by atoms with van der Waals surface area (Å²) in [6, 6.07) is -0.376. The quantitative estimate of drug-likeness (QED) is 0.594. The zero-order valence-corrected chi connectivity index (χ0v) is 11.3. The molecule has 106 valence electrons. The van der Waals surface area contributed by atoms with E-state index in [2.05, 4.69) is 10.2 Å². The van der Waals surface area contributed by atoms with Crippen molar-refractivity contribution < 1.29 is 19.4 Å². The molecule has 0 aromatic heterocycles. The Morgan fingerprint density at radius 3 is 2.50 bits per heavy atom. The first-order chi connectivity index (χ1) is 8.51. The van der Waals surface area contributed by atoms with Gasteiger partial charge in [0.1, 0.15) is 6.54 Å². The Hall–Kier alpha value is -1.34. The van der Waals surface area contributed by atoms with Gasteiger partial charge >= 0.3 is 12.0 Å². The molecule has 2 amide bonds. The highest BCUT2D eigenvalue weighted by atomic mass is 16.5. The number of amides is 2. The van der Waals surface area contributed by atoms with Crippen molar-refractivity contribution in [2.45, 2.75) is 6.92 Å². The summed E-state index contributed by atoms with van der Waals surface area (Å²) in [5.74, 6) is -1.04. The van der Waals surface area contributed by atoms with Crippen molar-refractivity contribution in [1.29, 1.82) is 0 Å². The number of carboxylic acids is 1. The number of nitrogens with one attached hydrogen (secondary N) is 1. The van der Waals surface area contributed by atoms with Gasteiger partial charge in [0.15, 0.2) is 0 Å². The van der Waals surface area contributed by atoms with Gasteiger partial charge in [0.25, 0.3) is 0 Å². The molecule has 0 fully saturated rings. The predicted octanol–water partition coefficient (Wildman–Crippen LogP) is -0.319. The zero-order chi connectivity index (χ0) is 14.0. The lowest BCUT2D eigenvalue weighted by Gasteiger charge is -2.21. The van der Waals surface area contributed by atoms with Gasteiger partial charge in [-0.15, -0.1) is 0 Å². The first-order valence-electron chi connectivity index (χ1n) is 5.93. The van der Waals surface area contributed by atoms with E-state index < -0.39 is 5.97 Å². The maximum atomic E-state index is 11.7. The molecule has 7 nitrogen and oxygen atoms in total. The number of carbonyl (C=O) groups is 2. The van der Waals surface area contributed by atoms with Crippen molar-refractivity contribution in [1.82, 2.24) is 15.1 Å². The lowest BCUT2D eigenvalue weighted by Crippen LogP contribution is -2.46. The molecule has 0 aromatic rings. The van der Waals surface area contributed by atoms with Crippen LogP contribution in [-0.4, -0.2) is 80.4 Å².